The third kappa shape index (κ3) is 6.05. The molecule has 0 aliphatic rings. The van der Waals surface area contributed by atoms with Crippen LogP contribution in [0.1, 0.15) is 18.3 Å². The van der Waals surface area contributed by atoms with Gasteiger partial charge in [0.2, 0.25) is 0 Å². The molecule has 5 rings (SSSR count). The molecule has 0 aliphatic carbocycles. The fourth-order valence-electron chi connectivity index (χ4n) is 3.83. The number of rotatable bonds is 9. The number of carbonyl (C=O) groups excluding carboxylic acids is 1. The van der Waals surface area contributed by atoms with Crippen LogP contribution in [0.5, 0.6) is 0 Å². The lowest BCUT2D eigenvalue weighted by Crippen LogP contribution is -2.27. The maximum absolute atomic E-state index is 12.8. The van der Waals surface area contributed by atoms with Crippen LogP contribution >= 0.6 is 11.8 Å². The molecule has 2 N–H and O–H groups in total. The first-order valence-electron chi connectivity index (χ1n) is 11.9. The molecule has 1 heterocycles. The van der Waals surface area contributed by atoms with Gasteiger partial charge in [-0.1, -0.05) is 84.6 Å². The largest absolute Gasteiger partial charge is 0.378 e. The highest BCUT2D eigenvalue weighted by atomic mass is 32.2. The highest BCUT2D eigenvalue weighted by Crippen LogP contribution is 2.26. The van der Waals surface area contributed by atoms with Gasteiger partial charge in [0.15, 0.2) is 11.0 Å². The third-order valence-electron chi connectivity index (χ3n) is 5.75. The molecule has 1 atom stereocenters. The molecule has 0 aliphatic heterocycles. The molecule has 4 aromatic carbocycles. The van der Waals surface area contributed by atoms with E-state index in [1.165, 1.54) is 11.8 Å². The van der Waals surface area contributed by atoms with Crippen molar-refractivity contribution in [1.82, 2.24) is 20.2 Å². The van der Waals surface area contributed by atoms with Crippen molar-refractivity contribution in [3.05, 3.63) is 115 Å². The molecule has 0 unspecified atom stereocenters. The van der Waals surface area contributed by atoms with Crippen LogP contribution in [0, 0.1) is 0 Å². The lowest BCUT2D eigenvalue weighted by atomic mass is 10.1. The average Bonchev–Trinajstić information content (AvgIpc) is 3.35. The number of hydrogen-bond acceptors (Lipinski definition) is 6. The molecule has 184 valence electrons. The third-order valence-corrected chi connectivity index (χ3v) is 6.80. The maximum Gasteiger partial charge on any atom is 0.253 e. The van der Waals surface area contributed by atoms with E-state index in [1.807, 2.05) is 102 Å². The summed E-state index contributed by atoms with van der Waals surface area (Å²) in [4.78, 5) is 12.8. The second-order valence-electron chi connectivity index (χ2n) is 8.39. The van der Waals surface area contributed by atoms with E-state index in [1.54, 1.807) is 6.21 Å². The van der Waals surface area contributed by atoms with Crippen LogP contribution < -0.4 is 10.7 Å². The summed E-state index contributed by atoms with van der Waals surface area (Å²) in [5.41, 5.74) is 5.50. The zero-order valence-corrected chi connectivity index (χ0v) is 21.1. The van der Waals surface area contributed by atoms with Gasteiger partial charge in [0.1, 0.15) is 0 Å². The average molecular weight is 507 g/mol. The predicted molar refractivity (Wildman–Crippen MR) is 150 cm³/mol. The Morgan fingerprint density at radius 2 is 1.62 bits per heavy atom. The van der Waals surface area contributed by atoms with Gasteiger partial charge in [-0.2, -0.15) is 5.10 Å². The fraction of sp³-hybridized carbons (Fsp3) is 0.103. The Hall–Kier alpha value is -4.43. The molecule has 8 heteroatoms. The molecule has 0 spiro atoms. The number of hydrazone groups is 1. The first-order valence-corrected chi connectivity index (χ1v) is 12.8. The number of para-hydroxylation sites is 2. The van der Waals surface area contributed by atoms with Crippen LogP contribution in [0.3, 0.4) is 0 Å². The molecule has 1 aromatic heterocycles. The molecular weight excluding hydrogens is 480 g/mol. The predicted octanol–water partition coefficient (Wildman–Crippen LogP) is 5.66. The first-order chi connectivity index (χ1) is 18.2. The minimum Gasteiger partial charge on any atom is -0.378 e. The molecule has 1 amide bonds. The molecule has 0 bridgehead atoms. The van der Waals surface area contributed by atoms with Crippen molar-refractivity contribution < 1.29 is 4.79 Å². The number of amides is 1. The van der Waals surface area contributed by atoms with Crippen molar-refractivity contribution in [1.29, 1.82) is 0 Å². The summed E-state index contributed by atoms with van der Waals surface area (Å²) in [6, 6.07) is 34.0. The SMILES string of the molecule is C[C@H](Sc1nnc(CNc2ccccc2)n1-c1ccccc1)C(=O)N/N=C\c1ccc2ccccc2c1. The van der Waals surface area contributed by atoms with Crippen molar-refractivity contribution in [2.45, 2.75) is 23.9 Å². The Morgan fingerprint density at radius 1 is 0.919 bits per heavy atom. The van der Waals surface area contributed by atoms with E-state index in [0.717, 1.165) is 33.5 Å². The summed E-state index contributed by atoms with van der Waals surface area (Å²) in [6.07, 6.45) is 1.65. The number of aromatic nitrogens is 3. The Morgan fingerprint density at radius 3 is 2.41 bits per heavy atom. The lowest BCUT2D eigenvalue weighted by Gasteiger charge is -2.13. The van der Waals surface area contributed by atoms with Crippen LogP contribution in [0.2, 0.25) is 0 Å². The van der Waals surface area contributed by atoms with Crippen LogP contribution in [0.25, 0.3) is 16.5 Å². The Bertz CT molecular complexity index is 1520. The summed E-state index contributed by atoms with van der Waals surface area (Å²) in [7, 11) is 0. The van der Waals surface area contributed by atoms with Gasteiger partial charge < -0.3 is 5.32 Å². The number of nitrogens with one attached hydrogen (secondary N) is 2. The quantitative estimate of drug-likeness (QED) is 0.153. The second kappa shape index (κ2) is 11.5. The summed E-state index contributed by atoms with van der Waals surface area (Å²) in [5.74, 6) is 0.535. The number of anilines is 1. The van der Waals surface area contributed by atoms with Crippen LogP contribution in [0.4, 0.5) is 5.69 Å². The molecule has 7 nitrogen and oxygen atoms in total. The number of benzene rings is 4. The second-order valence-corrected chi connectivity index (χ2v) is 9.70. The van der Waals surface area contributed by atoms with Gasteiger partial charge in [-0.05, 0) is 53.6 Å². The van der Waals surface area contributed by atoms with E-state index in [4.69, 9.17) is 0 Å². The van der Waals surface area contributed by atoms with Gasteiger partial charge in [0.05, 0.1) is 18.0 Å². The van der Waals surface area contributed by atoms with Gasteiger partial charge in [0.25, 0.3) is 5.91 Å². The summed E-state index contributed by atoms with van der Waals surface area (Å²) in [5, 5.41) is 18.9. The summed E-state index contributed by atoms with van der Waals surface area (Å²) < 4.78 is 1.97. The molecule has 0 radical (unpaired) electrons. The standard InChI is InChI=1S/C29H26N6OS/c1-21(28(36)33-31-19-22-16-17-23-10-8-9-11-24(23)18-22)37-29-34-32-27(20-30-25-12-4-2-5-13-25)35(29)26-14-6-3-7-15-26/h2-19,21,30H,20H2,1H3,(H,33,36)/b31-19-/t21-/m0/s1. The Balaban J connectivity index is 1.27. The highest BCUT2D eigenvalue weighted by Gasteiger charge is 2.21. The number of thioether (sulfide) groups is 1. The number of fused-ring (bicyclic) bond motifs is 1. The molecule has 5 aromatic rings. The van der Waals surface area contributed by atoms with Crippen molar-refractivity contribution in [2.75, 3.05) is 5.32 Å². The van der Waals surface area contributed by atoms with Gasteiger partial charge in [-0.3, -0.25) is 9.36 Å². The zero-order valence-electron chi connectivity index (χ0n) is 20.3. The van der Waals surface area contributed by atoms with Crippen molar-refractivity contribution in [2.24, 2.45) is 5.10 Å². The van der Waals surface area contributed by atoms with E-state index in [-0.39, 0.29) is 5.91 Å². The number of hydrogen-bond donors (Lipinski definition) is 2. The molecule has 37 heavy (non-hydrogen) atoms. The van der Waals surface area contributed by atoms with Gasteiger partial charge in [0, 0.05) is 11.4 Å². The first kappa shape index (κ1) is 24.3. The zero-order chi connectivity index (χ0) is 25.5. The maximum atomic E-state index is 12.8. The highest BCUT2D eigenvalue weighted by molar-refractivity contribution is 8.00. The van der Waals surface area contributed by atoms with Gasteiger partial charge in [-0.15, -0.1) is 10.2 Å². The van der Waals surface area contributed by atoms with E-state index in [2.05, 4.69) is 38.2 Å². The van der Waals surface area contributed by atoms with E-state index >= 15 is 0 Å². The van der Waals surface area contributed by atoms with Crippen LogP contribution in [0.15, 0.2) is 113 Å². The Kier molecular flexibility index (Phi) is 7.57. The van der Waals surface area contributed by atoms with Crippen molar-refractivity contribution in [3.63, 3.8) is 0 Å². The normalized spacial score (nSPS) is 12.0. The van der Waals surface area contributed by atoms with E-state index in [0.29, 0.717) is 11.7 Å². The minimum absolute atomic E-state index is 0.214. The summed E-state index contributed by atoms with van der Waals surface area (Å²) >= 11 is 1.34. The van der Waals surface area contributed by atoms with Crippen LogP contribution in [-0.2, 0) is 11.3 Å². The fourth-order valence-corrected chi connectivity index (χ4v) is 4.71. The van der Waals surface area contributed by atoms with Crippen molar-refractivity contribution in [3.8, 4) is 5.69 Å². The molecular formula is C29H26N6OS. The monoisotopic (exact) mass is 506 g/mol. The van der Waals surface area contributed by atoms with Crippen molar-refractivity contribution >= 4 is 40.3 Å². The minimum atomic E-state index is -0.435. The van der Waals surface area contributed by atoms with E-state index in [9.17, 15) is 4.79 Å². The molecule has 0 saturated heterocycles. The molecule has 0 fully saturated rings. The number of nitrogens with zero attached hydrogens (tertiary/aromatic N) is 4. The Labute approximate surface area is 219 Å². The van der Waals surface area contributed by atoms with Crippen LogP contribution in [-0.4, -0.2) is 32.1 Å². The topological polar surface area (TPSA) is 84.2 Å². The van der Waals surface area contributed by atoms with Gasteiger partial charge >= 0.3 is 0 Å². The number of carbonyl (C=O) groups is 1. The smallest absolute Gasteiger partial charge is 0.253 e. The lowest BCUT2D eigenvalue weighted by molar-refractivity contribution is -0.120. The van der Waals surface area contributed by atoms with Gasteiger partial charge in [-0.25, -0.2) is 5.43 Å². The van der Waals surface area contributed by atoms with E-state index < -0.39 is 5.25 Å². The summed E-state index contributed by atoms with van der Waals surface area (Å²) in [6.45, 7) is 2.32. The molecule has 0 saturated carbocycles.